The molecule has 1 aliphatic rings. The Labute approximate surface area is 77.5 Å². The molecular weight excluding hydrogens is 177 g/mol. The molecule has 0 aromatic carbocycles. The topological polar surface area (TPSA) is 0 Å². The van der Waals surface area contributed by atoms with Crippen LogP contribution in [0.3, 0.4) is 0 Å². The van der Waals surface area contributed by atoms with Crippen LogP contribution in [-0.4, -0.2) is 6.18 Å². The van der Waals surface area contributed by atoms with Crippen molar-refractivity contribution in [2.75, 3.05) is 0 Å². The fourth-order valence-electron chi connectivity index (χ4n) is 2.51. The fraction of sp³-hybridized carbons (Fsp3) is 1.00. The van der Waals surface area contributed by atoms with Crippen molar-refractivity contribution in [3.05, 3.63) is 0 Å². The quantitative estimate of drug-likeness (QED) is 0.623. The zero-order chi connectivity index (χ0) is 10.1. The highest BCUT2D eigenvalue weighted by molar-refractivity contribution is 4.82. The number of hydrogen-bond acceptors (Lipinski definition) is 0. The van der Waals surface area contributed by atoms with E-state index in [1.165, 1.54) is 0 Å². The van der Waals surface area contributed by atoms with Crippen LogP contribution in [0.15, 0.2) is 0 Å². The Morgan fingerprint density at radius 2 is 1.54 bits per heavy atom. The second-order valence-electron chi connectivity index (χ2n) is 4.36. The van der Waals surface area contributed by atoms with Gasteiger partial charge in [0.25, 0.3) is 0 Å². The Kier molecular flexibility index (Phi) is 3.25. The van der Waals surface area contributed by atoms with Gasteiger partial charge in [-0.05, 0) is 24.7 Å². The lowest BCUT2D eigenvalue weighted by Crippen LogP contribution is -2.33. The minimum Gasteiger partial charge on any atom is -0.171 e. The molecule has 0 spiro atoms. The second kappa shape index (κ2) is 3.89. The highest BCUT2D eigenvalue weighted by Gasteiger charge is 2.46. The zero-order valence-corrected chi connectivity index (χ0v) is 8.19. The van der Waals surface area contributed by atoms with Crippen LogP contribution in [-0.2, 0) is 0 Å². The molecule has 0 saturated heterocycles. The molecular formula is C10H17F3. The molecule has 1 fully saturated rings. The Morgan fingerprint density at radius 1 is 1.08 bits per heavy atom. The third-order valence-electron chi connectivity index (χ3n) is 3.00. The minimum absolute atomic E-state index is 0.111. The van der Waals surface area contributed by atoms with E-state index >= 15 is 0 Å². The summed E-state index contributed by atoms with van der Waals surface area (Å²) in [6.07, 6.45) is -0.512. The van der Waals surface area contributed by atoms with E-state index in [0.29, 0.717) is 0 Å². The third kappa shape index (κ3) is 2.61. The standard InChI is InChI=1S/C10H17F3/c1-7(2)9(10(11,12)13)8-5-3-4-6-8/h7-9H,3-6H2,1-2H3. The molecule has 1 unspecified atom stereocenters. The van der Waals surface area contributed by atoms with Crippen molar-refractivity contribution in [2.45, 2.75) is 45.7 Å². The summed E-state index contributed by atoms with van der Waals surface area (Å²) in [4.78, 5) is 0. The average molecular weight is 194 g/mol. The number of rotatable bonds is 2. The van der Waals surface area contributed by atoms with Crippen LogP contribution < -0.4 is 0 Å². The second-order valence-corrected chi connectivity index (χ2v) is 4.36. The van der Waals surface area contributed by atoms with Crippen molar-refractivity contribution in [2.24, 2.45) is 17.8 Å². The summed E-state index contributed by atoms with van der Waals surface area (Å²) >= 11 is 0. The molecule has 0 aromatic rings. The van der Waals surface area contributed by atoms with Gasteiger partial charge >= 0.3 is 6.18 Å². The number of alkyl halides is 3. The van der Waals surface area contributed by atoms with E-state index in [-0.39, 0.29) is 11.8 Å². The molecule has 0 nitrogen and oxygen atoms in total. The molecule has 0 radical (unpaired) electrons. The SMILES string of the molecule is CC(C)C(C1CCCC1)C(F)(F)F. The van der Waals surface area contributed by atoms with Crippen LogP contribution >= 0.6 is 0 Å². The highest BCUT2D eigenvalue weighted by atomic mass is 19.4. The van der Waals surface area contributed by atoms with Crippen LogP contribution in [0.25, 0.3) is 0 Å². The molecule has 1 rings (SSSR count). The lowest BCUT2D eigenvalue weighted by atomic mass is 9.82. The van der Waals surface area contributed by atoms with Gasteiger partial charge in [0.05, 0.1) is 5.92 Å². The Balaban J connectivity index is 2.67. The van der Waals surface area contributed by atoms with Crippen molar-refractivity contribution in [1.29, 1.82) is 0 Å². The first-order chi connectivity index (χ1) is 5.93. The molecule has 0 N–H and O–H groups in total. The van der Waals surface area contributed by atoms with Crippen LogP contribution in [0.5, 0.6) is 0 Å². The molecule has 3 heteroatoms. The van der Waals surface area contributed by atoms with Crippen LogP contribution in [0.2, 0.25) is 0 Å². The molecule has 1 saturated carbocycles. The Bertz CT molecular complexity index is 154. The average Bonchev–Trinajstić information content (AvgIpc) is 2.34. The van der Waals surface area contributed by atoms with Crippen LogP contribution in [0, 0.1) is 17.8 Å². The summed E-state index contributed by atoms with van der Waals surface area (Å²) in [6.45, 7) is 3.35. The van der Waals surface area contributed by atoms with Crippen molar-refractivity contribution in [3.8, 4) is 0 Å². The van der Waals surface area contributed by atoms with E-state index in [1.54, 1.807) is 13.8 Å². The molecule has 0 bridgehead atoms. The molecule has 13 heavy (non-hydrogen) atoms. The predicted octanol–water partition coefficient (Wildman–Crippen LogP) is 4.01. The van der Waals surface area contributed by atoms with E-state index < -0.39 is 12.1 Å². The summed E-state index contributed by atoms with van der Waals surface area (Å²) in [5, 5.41) is 0. The third-order valence-corrected chi connectivity index (χ3v) is 3.00. The van der Waals surface area contributed by atoms with Gasteiger partial charge in [0.1, 0.15) is 0 Å². The van der Waals surface area contributed by atoms with Crippen molar-refractivity contribution < 1.29 is 13.2 Å². The maximum Gasteiger partial charge on any atom is 0.392 e. The van der Waals surface area contributed by atoms with Crippen molar-refractivity contribution in [1.82, 2.24) is 0 Å². The van der Waals surface area contributed by atoms with Gasteiger partial charge in [0.2, 0.25) is 0 Å². The first-order valence-corrected chi connectivity index (χ1v) is 4.99. The Hall–Kier alpha value is -0.210. The number of halogens is 3. The van der Waals surface area contributed by atoms with E-state index in [9.17, 15) is 13.2 Å². The van der Waals surface area contributed by atoms with Crippen LogP contribution in [0.4, 0.5) is 13.2 Å². The maximum absolute atomic E-state index is 12.6. The monoisotopic (exact) mass is 194 g/mol. The molecule has 1 atom stereocenters. The van der Waals surface area contributed by atoms with Gasteiger partial charge in [0.15, 0.2) is 0 Å². The molecule has 1 aliphatic carbocycles. The van der Waals surface area contributed by atoms with Crippen LogP contribution in [0.1, 0.15) is 39.5 Å². The first kappa shape index (κ1) is 10.9. The van der Waals surface area contributed by atoms with E-state index in [4.69, 9.17) is 0 Å². The predicted molar refractivity (Wildman–Crippen MR) is 46.3 cm³/mol. The normalized spacial score (nSPS) is 22.6. The minimum atomic E-state index is -4.00. The van der Waals surface area contributed by atoms with E-state index in [2.05, 4.69) is 0 Å². The molecule has 0 heterocycles. The summed E-state index contributed by atoms with van der Waals surface area (Å²) < 4.78 is 37.9. The van der Waals surface area contributed by atoms with Gasteiger partial charge < -0.3 is 0 Å². The maximum atomic E-state index is 12.6. The largest absolute Gasteiger partial charge is 0.392 e. The zero-order valence-electron chi connectivity index (χ0n) is 8.19. The van der Waals surface area contributed by atoms with Crippen molar-refractivity contribution in [3.63, 3.8) is 0 Å². The molecule has 0 amide bonds. The number of hydrogen-bond donors (Lipinski definition) is 0. The lowest BCUT2D eigenvalue weighted by Gasteiger charge is -2.29. The highest BCUT2D eigenvalue weighted by Crippen LogP contribution is 2.44. The van der Waals surface area contributed by atoms with Gasteiger partial charge in [-0.15, -0.1) is 0 Å². The van der Waals surface area contributed by atoms with E-state index in [1.807, 2.05) is 0 Å². The van der Waals surface area contributed by atoms with Gasteiger partial charge in [-0.2, -0.15) is 13.2 Å². The van der Waals surface area contributed by atoms with Crippen molar-refractivity contribution >= 4 is 0 Å². The van der Waals surface area contributed by atoms with Gasteiger partial charge in [0, 0.05) is 0 Å². The molecule has 78 valence electrons. The van der Waals surface area contributed by atoms with Gasteiger partial charge in [-0.1, -0.05) is 26.7 Å². The Morgan fingerprint density at radius 3 is 1.85 bits per heavy atom. The van der Waals surface area contributed by atoms with Gasteiger partial charge in [-0.3, -0.25) is 0 Å². The van der Waals surface area contributed by atoms with Gasteiger partial charge in [-0.25, -0.2) is 0 Å². The summed E-state index contributed by atoms with van der Waals surface area (Å²) in [5.41, 5.74) is 0. The molecule has 0 aromatic heterocycles. The molecule has 0 aliphatic heterocycles. The summed E-state index contributed by atoms with van der Waals surface area (Å²) in [6, 6.07) is 0. The first-order valence-electron chi connectivity index (χ1n) is 4.99. The lowest BCUT2D eigenvalue weighted by molar-refractivity contribution is -0.200. The summed E-state index contributed by atoms with van der Waals surface area (Å²) in [5.74, 6) is -1.46. The summed E-state index contributed by atoms with van der Waals surface area (Å²) in [7, 11) is 0. The fourth-order valence-corrected chi connectivity index (χ4v) is 2.51. The smallest absolute Gasteiger partial charge is 0.171 e. The van der Waals surface area contributed by atoms with E-state index in [0.717, 1.165) is 25.7 Å².